The van der Waals surface area contributed by atoms with Gasteiger partial charge < -0.3 is 5.32 Å². The molecule has 2 heterocycles. The first kappa shape index (κ1) is 13.9. The highest BCUT2D eigenvalue weighted by atomic mass is 32.1. The molecule has 21 heavy (non-hydrogen) atoms. The second kappa shape index (κ2) is 5.75. The van der Waals surface area contributed by atoms with Gasteiger partial charge in [0.05, 0.1) is 4.88 Å². The SMILES string of the molecule is Cc1cccc(C)c1NC(=O)c1snnc1-c1cccs1. The Morgan fingerprint density at radius 3 is 2.57 bits per heavy atom. The molecular weight excluding hydrogens is 302 g/mol. The monoisotopic (exact) mass is 315 g/mol. The van der Waals surface area contributed by atoms with Crippen LogP contribution in [0.4, 0.5) is 5.69 Å². The normalized spacial score (nSPS) is 10.6. The molecule has 0 bridgehead atoms. The number of nitrogens with zero attached hydrogens (tertiary/aromatic N) is 2. The Balaban J connectivity index is 1.92. The Hall–Kier alpha value is -2.05. The predicted octanol–water partition coefficient (Wildman–Crippen LogP) is 4.14. The van der Waals surface area contributed by atoms with Gasteiger partial charge in [0, 0.05) is 5.69 Å². The van der Waals surface area contributed by atoms with Crippen molar-refractivity contribution in [2.45, 2.75) is 13.8 Å². The van der Waals surface area contributed by atoms with Crippen LogP contribution in [-0.2, 0) is 0 Å². The molecule has 1 N–H and O–H groups in total. The number of hydrogen-bond acceptors (Lipinski definition) is 5. The molecule has 0 spiro atoms. The predicted molar refractivity (Wildman–Crippen MR) is 87.1 cm³/mol. The zero-order valence-electron chi connectivity index (χ0n) is 11.6. The largest absolute Gasteiger partial charge is 0.321 e. The number of nitrogens with one attached hydrogen (secondary N) is 1. The summed E-state index contributed by atoms with van der Waals surface area (Å²) in [6.07, 6.45) is 0. The Morgan fingerprint density at radius 1 is 1.14 bits per heavy atom. The maximum atomic E-state index is 12.5. The second-order valence-corrected chi connectivity index (χ2v) is 6.35. The van der Waals surface area contributed by atoms with E-state index in [9.17, 15) is 4.79 Å². The lowest BCUT2D eigenvalue weighted by Crippen LogP contribution is -2.13. The molecule has 1 aromatic carbocycles. The van der Waals surface area contributed by atoms with Gasteiger partial charge in [-0.3, -0.25) is 4.79 Å². The van der Waals surface area contributed by atoms with Crippen molar-refractivity contribution in [1.82, 2.24) is 9.59 Å². The van der Waals surface area contributed by atoms with Gasteiger partial charge in [-0.1, -0.05) is 28.8 Å². The van der Waals surface area contributed by atoms with E-state index in [2.05, 4.69) is 14.9 Å². The lowest BCUT2D eigenvalue weighted by Gasteiger charge is -2.10. The van der Waals surface area contributed by atoms with Crippen molar-refractivity contribution in [2.24, 2.45) is 0 Å². The topological polar surface area (TPSA) is 54.9 Å². The van der Waals surface area contributed by atoms with Crippen LogP contribution in [0.1, 0.15) is 20.8 Å². The van der Waals surface area contributed by atoms with E-state index in [1.165, 1.54) is 0 Å². The van der Waals surface area contributed by atoms with Crippen LogP contribution in [0.5, 0.6) is 0 Å². The molecule has 106 valence electrons. The van der Waals surface area contributed by atoms with Gasteiger partial charge in [0.2, 0.25) is 0 Å². The molecule has 0 fully saturated rings. The van der Waals surface area contributed by atoms with E-state index in [0.717, 1.165) is 33.2 Å². The number of aromatic nitrogens is 2. The zero-order chi connectivity index (χ0) is 14.8. The molecule has 0 saturated carbocycles. The molecule has 0 aliphatic carbocycles. The van der Waals surface area contributed by atoms with Gasteiger partial charge >= 0.3 is 0 Å². The summed E-state index contributed by atoms with van der Waals surface area (Å²) in [4.78, 5) is 14.0. The zero-order valence-corrected chi connectivity index (χ0v) is 13.2. The number of carbonyl (C=O) groups excluding carboxylic acids is 1. The average molecular weight is 315 g/mol. The summed E-state index contributed by atoms with van der Waals surface area (Å²) in [5, 5.41) is 9.02. The minimum Gasteiger partial charge on any atom is -0.321 e. The first-order chi connectivity index (χ1) is 10.2. The Kier molecular flexibility index (Phi) is 3.81. The van der Waals surface area contributed by atoms with Gasteiger partial charge in [0.25, 0.3) is 5.91 Å². The summed E-state index contributed by atoms with van der Waals surface area (Å²) in [7, 11) is 0. The number of anilines is 1. The molecule has 0 atom stereocenters. The third kappa shape index (κ3) is 2.72. The summed E-state index contributed by atoms with van der Waals surface area (Å²) in [5.41, 5.74) is 3.59. The molecule has 0 aliphatic rings. The molecule has 0 radical (unpaired) electrons. The highest BCUT2D eigenvalue weighted by Crippen LogP contribution is 2.29. The van der Waals surface area contributed by atoms with Gasteiger partial charge in [-0.2, -0.15) is 0 Å². The maximum absolute atomic E-state index is 12.5. The van der Waals surface area contributed by atoms with E-state index < -0.39 is 0 Å². The van der Waals surface area contributed by atoms with Crippen molar-refractivity contribution < 1.29 is 4.79 Å². The number of rotatable bonds is 3. The van der Waals surface area contributed by atoms with Crippen LogP contribution in [0.3, 0.4) is 0 Å². The standard InChI is InChI=1S/C15H13N3OS2/c1-9-5-3-6-10(2)12(9)16-15(19)14-13(17-18-21-14)11-7-4-8-20-11/h3-8H,1-2H3,(H,16,19). The van der Waals surface area contributed by atoms with Crippen LogP contribution < -0.4 is 5.32 Å². The lowest BCUT2D eigenvalue weighted by molar-refractivity contribution is 0.103. The van der Waals surface area contributed by atoms with Crippen molar-refractivity contribution in [2.75, 3.05) is 5.32 Å². The fourth-order valence-corrected chi connectivity index (χ4v) is 3.45. The molecular formula is C15H13N3OS2. The summed E-state index contributed by atoms with van der Waals surface area (Å²) in [6, 6.07) is 9.82. The number of amides is 1. The van der Waals surface area contributed by atoms with Crippen LogP contribution in [-0.4, -0.2) is 15.5 Å². The van der Waals surface area contributed by atoms with Crippen LogP contribution in [0, 0.1) is 13.8 Å². The second-order valence-electron chi connectivity index (χ2n) is 4.65. The minimum absolute atomic E-state index is 0.161. The van der Waals surface area contributed by atoms with Crippen LogP contribution >= 0.6 is 22.9 Å². The fraction of sp³-hybridized carbons (Fsp3) is 0.133. The summed E-state index contributed by atoms with van der Waals surface area (Å²) in [5.74, 6) is -0.161. The van der Waals surface area contributed by atoms with Crippen LogP contribution in [0.15, 0.2) is 35.7 Å². The third-order valence-electron chi connectivity index (χ3n) is 3.17. The fourth-order valence-electron chi connectivity index (χ4n) is 2.10. The molecule has 4 nitrogen and oxygen atoms in total. The molecule has 0 aliphatic heterocycles. The summed E-state index contributed by atoms with van der Waals surface area (Å²) >= 11 is 2.67. The maximum Gasteiger partial charge on any atom is 0.269 e. The number of aryl methyl sites for hydroxylation is 2. The number of para-hydroxylation sites is 1. The van der Waals surface area contributed by atoms with E-state index in [-0.39, 0.29) is 5.91 Å². The average Bonchev–Trinajstić information content (AvgIpc) is 3.12. The van der Waals surface area contributed by atoms with Crippen molar-refractivity contribution in [3.63, 3.8) is 0 Å². The Bertz CT molecular complexity index is 758. The number of carbonyl (C=O) groups is 1. The molecule has 6 heteroatoms. The van der Waals surface area contributed by atoms with Crippen molar-refractivity contribution in [3.8, 4) is 10.6 Å². The van der Waals surface area contributed by atoms with Crippen LogP contribution in [0.2, 0.25) is 0 Å². The van der Waals surface area contributed by atoms with E-state index in [0.29, 0.717) is 10.6 Å². The minimum atomic E-state index is -0.161. The Morgan fingerprint density at radius 2 is 1.90 bits per heavy atom. The van der Waals surface area contributed by atoms with E-state index in [1.54, 1.807) is 11.3 Å². The van der Waals surface area contributed by atoms with E-state index in [4.69, 9.17) is 0 Å². The molecule has 0 saturated heterocycles. The van der Waals surface area contributed by atoms with E-state index in [1.807, 2.05) is 49.6 Å². The molecule has 3 aromatic rings. The lowest BCUT2D eigenvalue weighted by atomic mass is 10.1. The first-order valence-electron chi connectivity index (χ1n) is 6.40. The molecule has 0 unspecified atom stereocenters. The highest BCUT2D eigenvalue weighted by Gasteiger charge is 2.19. The molecule has 1 amide bonds. The number of benzene rings is 1. The highest BCUT2D eigenvalue weighted by molar-refractivity contribution is 7.14. The summed E-state index contributed by atoms with van der Waals surface area (Å²) in [6.45, 7) is 3.96. The van der Waals surface area contributed by atoms with Gasteiger partial charge in [-0.15, -0.1) is 16.4 Å². The number of thiophene rings is 1. The van der Waals surface area contributed by atoms with Gasteiger partial charge in [-0.05, 0) is 48.0 Å². The van der Waals surface area contributed by atoms with Crippen molar-refractivity contribution in [1.29, 1.82) is 0 Å². The van der Waals surface area contributed by atoms with Gasteiger partial charge in [0.15, 0.2) is 0 Å². The molecule has 3 rings (SSSR count). The molecule has 2 aromatic heterocycles. The van der Waals surface area contributed by atoms with E-state index >= 15 is 0 Å². The van der Waals surface area contributed by atoms with Crippen molar-refractivity contribution in [3.05, 3.63) is 51.7 Å². The Labute approximate surface area is 130 Å². The van der Waals surface area contributed by atoms with Gasteiger partial charge in [0.1, 0.15) is 10.6 Å². The smallest absolute Gasteiger partial charge is 0.269 e. The number of hydrogen-bond donors (Lipinski definition) is 1. The first-order valence-corrected chi connectivity index (χ1v) is 8.06. The van der Waals surface area contributed by atoms with Crippen molar-refractivity contribution >= 4 is 34.5 Å². The van der Waals surface area contributed by atoms with Crippen LogP contribution in [0.25, 0.3) is 10.6 Å². The summed E-state index contributed by atoms with van der Waals surface area (Å²) < 4.78 is 3.92. The third-order valence-corrected chi connectivity index (χ3v) is 4.77. The van der Waals surface area contributed by atoms with Gasteiger partial charge in [-0.25, -0.2) is 0 Å². The quantitative estimate of drug-likeness (QED) is 0.790.